The van der Waals surface area contributed by atoms with Crippen LogP contribution in [-0.4, -0.2) is 23.3 Å². The second-order valence-electron chi connectivity index (χ2n) is 4.92. The lowest BCUT2D eigenvalue weighted by Crippen LogP contribution is -2.24. The number of benzene rings is 1. The normalized spacial score (nSPS) is 10.9. The zero-order chi connectivity index (χ0) is 16.1. The van der Waals surface area contributed by atoms with Gasteiger partial charge in [-0.3, -0.25) is 4.79 Å². The van der Waals surface area contributed by atoms with Gasteiger partial charge < -0.3 is 9.30 Å². The Labute approximate surface area is 134 Å². The number of nitrogens with zero attached hydrogens (tertiary/aromatic N) is 2. The zero-order valence-corrected chi connectivity index (χ0v) is 13.5. The zero-order valence-electron chi connectivity index (χ0n) is 12.8. The summed E-state index contributed by atoms with van der Waals surface area (Å²) in [4.78, 5) is 11.7. The summed E-state index contributed by atoms with van der Waals surface area (Å²) in [5, 5.41) is 4.50. The van der Waals surface area contributed by atoms with E-state index in [1.165, 1.54) is 0 Å². The van der Waals surface area contributed by atoms with E-state index in [0.717, 1.165) is 17.0 Å². The number of carbonyl (C=O) groups is 1. The molecule has 0 radical (unpaired) electrons. The van der Waals surface area contributed by atoms with Crippen LogP contribution >= 0.6 is 11.6 Å². The lowest BCUT2D eigenvalue weighted by atomic mass is 10.3. The first kappa shape index (κ1) is 16.1. The molecule has 1 aromatic heterocycles. The molecule has 1 amide bonds. The van der Waals surface area contributed by atoms with Crippen molar-refractivity contribution in [2.75, 3.05) is 6.61 Å². The minimum Gasteiger partial charge on any atom is -0.484 e. The van der Waals surface area contributed by atoms with E-state index in [1.807, 2.05) is 27.0 Å². The number of hydrogen-bond acceptors (Lipinski definition) is 3. The van der Waals surface area contributed by atoms with Crippen LogP contribution in [0.5, 0.6) is 5.75 Å². The van der Waals surface area contributed by atoms with Gasteiger partial charge in [0, 0.05) is 29.0 Å². The molecule has 0 bridgehead atoms. The quantitative estimate of drug-likeness (QED) is 0.680. The molecule has 2 rings (SSSR count). The third kappa shape index (κ3) is 4.11. The molecule has 0 atom stereocenters. The maximum Gasteiger partial charge on any atom is 0.277 e. The van der Waals surface area contributed by atoms with Gasteiger partial charge >= 0.3 is 0 Å². The number of carbonyl (C=O) groups excluding carboxylic acids is 1. The van der Waals surface area contributed by atoms with Crippen molar-refractivity contribution in [2.24, 2.45) is 12.1 Å². The Bertz CT molecular complexity index is 707. The van der Waals surface area contributed by atoms with Gasteiger partial charge in [0.25, 0.3) is 5.91 Å². The summed E-state index contributed by atoms with van der Waals surface area (Å²) in [7, 11) is 1.99. The van der Waals surface area contributed by atoms with E-state index in [9.17, 15) is 4.79 Å². The first-order valence-electron chi connectivity index (χ1n) is 6.80. The number of halogens is 1. The van der Waals surface area contributed by atoms with Crippen LogP contribution in [0.4, 0.5) is 0 Å². The van der Waals surface area contributed by atoms with E-state index in [4.69, 9.17) is 16.3 Å². The summed E-state index contributed by atoms with van der Waals surface area (Å²) in [5.74, 6) is 0.211. The second-order valence-corrected chi connectivity index (χ2v) is 5.36. The molecule has 0 saturated heterocycles. The van der Waals surface area contributed by atoms with Crippen molar-refractivity contribution < 1.29 is 9.53 Å². The van der Waals surface area contributed by atoms with E-state index >= 15 is 0 Å². The fourth-order valence-corrected chi connectivity index (χ4v) is 2.11. The van der Waals surface area contributed by atoms with Crippen LogP contribution in [-0.2, 0) is 11.8 Å². The Morgan fingerprint density at radius 1 is 1.41 bits per heavy atom. The van der Waals surface area contributed by atoms with Crippen molar-refractivity contribution in [3.05, 3.63) is 52.3 Å². The average molecular weight is 320 g/mol. The molecule has 0 spiro atoms. The third-order valence-corrected chi connectivity index (χ3v) is 3.61. The molecular weight excluding hydrogens is 302 g/mol. The summed E-state index contributed by atoms with van der Waals surface area (Å²) >= 11 is 5.84. The van der Waals surface area contributed by atoms with Crippen LogP contribution in [0.1, 0.15) is 17.0 Å². The Balaban J connectivity index is 1.85. The highest BCUT2D eigenvalue weighted by Crippen LogP contribution is 2.16. The molecule has 0 unspecified atom stereocenters. The molecule has 1 heterocycles. The molecule has 0 aliphatic heterocycles. The van der Waals surface area contributed by atoms with Gasteiger partial charge in [-0.15, -0.1) is 0 Å². The summed E-state index contributed by atoms with van der Waals surface area (Å²) < 4.78 is 7.38. The topological polar surface area (TPSA) is 55.6 Å². The number of hydrogen-bond donors (Lipinski definition) is 1. The minimum absolute atomic E-state index is 0.121. The molecule has 5 nitrogen and oxygen atoms in total. The fourth-order valence-electron chi connectivity index (χ4n) is 1.93. The molecule has 0 aliphatic carbocycles. The number of rotatable bonds is 5. The maximum atomic E-state index is 11.7. The molecule has 0 fully saturated rings. The molecule has 2 aromatic rings. The number of amides is 1. The van der Waals surface area contributed by atoms with E-state index in [-0.39, 0.29) is 12.5 Å². The van der Waals surface area contributed by atoms with E-state index in [2.05, 4.69) is 15.1 Å². The molecular formula is C16H18ClN3O2. The molecule has 1 N–H and O–H groups in total. The van der Waals surface area contributed by atoms with Crippen molar-refractivity contribution in [2.45, 2.75) is 13.8 Å². The number of nitrogens with one attached hydrogen (secondary N) is 1. The predicted molar refractivity (Wildman–Crippen MR) is 87.6 cm³/mol. The smallest absolute Gasteiger partial charge is 0.277 e. The Hall–Kier alpha value is -2.27. The Morgan fingerprint density at radius 3 is 2.82 bits per heavy atom. The summed E-state index contributed by atoms with van der Waals surface area (Å²) in [6.45, 7) is 3.89. The molecule has 0 aliphatic rings. The van der Waals surface area contributed by atoms with Crippen LogP contribution in [0, 0.1) is 13.8 Å². The lowest BCUT2D eigenvalue weighted by molar-refractivity contribution is -0.123. The molecule has 6 heteroatoms. The van der Waals surface area contributed by atoms with E-state index < -0.39 is 0 Å². The van der Waals surface area contributed by atoms with Crippen LogP contribution in [0.3, 0.4) is 0 Å². The highest BCUT2D eigenvalue weighted by Gasteiger charge is 2.04. The Morgan fingerprint density at radius 2 is 2.18 bits per heavy atom. The number of hydrazone groups is 1. The van der Waals surface area contributed by atoms with Crippen LogP contribution in [0.25, 0.3) is 0 Å². The standard InChI is InChI=1S/C16H18ClN3O2/c1-11-7-13(12(2)20(11)3)9-18-19-16(21)10-22-15-6-4-5-14(17)8-15/h4-9H,10H2,1-3H3,(H,19,21)/b18-9+. The monoisotopic (exact) mass is 319 g/mol. The largest absolute Gasteiger partial charge is 0.484 e. The van der Waals surface area contributed by atoms with E-state index in [1.54, 1.807) is 30.5 Å². The van der Waals surface area contributed by atoms with Crippen LogP contribution in [0.2, 0.25) is 5.02 Å². The highest BCUT2D eigenvalue weighted by atomic mass is 35.5. The number of aryl methyl sites for hydroxylation is 1. The van der Waals surface area contributed by atoms with Gasteiger partial charge in [0.2, 0.25) is 0 Å². The first-order valence-corrected chi connectivity index (χ1v) is 7.18. The van der Waals surface area contributed by atoms with Gasteiger partial charge in [0.1, 0.15) is 5.75 Å². The highest BCUT2D eigenvalue weighted by molar-refractivity contribution is 6.30. The molecule has 0 saturated carbocycles. The van der Waals surface area contributed by atoms with Crippen molar-refractivity contribution in [1.82, 2.24) is 9.99 Å². The maximum absolute atomic E-state index is 11.7. The van der Waals surface area contributed by atoms with Gasteiger partial charge in [-0.05, 0) is 38.1 Å². The second kappa shape index (κ2) is 7.13. The Kier molecular flexibility index (Phi) is 5.22. The molecule has 116 valence electrons. The van der Waals surface area contributed by atoms with E-state index in [0.29, 0.717) is 10.8 Å². The van der Waals surface area contributed by atoms with Crippen molar-refractivity contribution in [3.8, 4) is 5.75 Å². The average Bonchev–Trinajstić information content (AvgIpc) is 2.73. The predicted octanol–water partition coefficient (Wildman–Crippen LogP) is 2.82. The summed E-state index contributed by atoms with van der Waals surface area (Å²) in [6, 6.07) is 8.89. The molecule has 22 heavy (non-hydrogen) atoms. The van der Waals surface area contributed by atoms with Gasteiger partial charge in [-0.2, -0.15) is 5.10 Å². The number of aromatic nitrogens is 1. The molecule has 1 aromatic carbocycles. The SMILES string of the molecule is Cc1cc(/C=N/NC(=O)COc2cccc(Cl)c2)c(C)n1C. The first-order chi connectivity index (χ1) is 10.5. The van der Waals surface area contributed by atoms with Crippen molar-refractivity contribution in [1.29, 1.82) is 0 Å². The van der Waals surface area contributed by atoms with Gasteiger partial charge in [0.15, 0.2) is 6.61 Å². The number of ether oxygens (including phenoxy) is 1. The minimum atomic E-state index is -0.332. The van der Waals surface area contributed by atoms with Crippen molar-refractivity contribution >= 4 is 23.7 Å². The van der Waals surface area contributed by atoms with Gasteiger partial charge in [0.05, 0.1) is 6.21 Å². The summed E-state index contributed by atoms with van der Waals surface area (Å²) in [5.41, 5.74) is 5.63. The fraction of sp³-hybridized carbons (Fsp3) is 0.250. The van der Waals surface area contributed by atoms with Gasteiger partial charge in [-0.1, -0.05) is 17.7 Å². The van der Waals surface area contributed by atoms with Crippen molar-refractivity contribution in [3.63, 3.8) is 0 Å². The lowest BCUT2D eigenvalue weighted by Gasteiger charge is -2.04. The summed E-state index contributed by atoms with van der Waals surface area (Å²) in [6.07, 6.45) is 1.62. The third-order valence-electron chi connectivity index (χ3n) is 3.37. The van der Waals surface area contributed by atoms with Crippen LogP contribution in [0.15, 0.2) is 35.4 Å². The van der Waals surface area contributed by atoms with Crippen LogP contribution < -0.4 is 10.2 Å². The van der Waals surface area contributed by atoms with Gasteiger partial charge in [-0.25, -0.2) is 5.43 Å².